The van der Waals surface area contributed by atoms with Gasteiger partial charge in [0, 0.05) is 13.7 Å². The number of hydrogen-bond acceptors (Lipinski definition) is 6. The van der Waals surface area contributed by atoms with Crippen LogP contribution in [0.15, 0.2) is 82.6 Å². The van der Waals surface area contributed by atoms with Gasteiger partial charge in [0.15, 0.2) is 11.6 Å². The molecule has 1 unspecified atom stereocenters. The zero-order valence-corrected chi connectivity index (χ0v) is 24.2. The Hall–Kier alpha value is -4.55. The van der Waals surface area contributed by atoms with E-state index in [1.54, 1.807) is 6.26 Å². The predicted molar refractivity (Wildman–Crippen MR) is 156 cm³/mol. The van der Waals surface area contributed by atoms with E-state index in [1.807, 2.05) is 30.3 Å². The number of imide groups is 1. The Kier molecular flexibility index (Phi) is 9.40. The number of aliphatic carboxylic acids is 1. The number of piperidine rings is 1. The van der Waals surface area contributed by atoms with Gasteiger partial charge in [-0.05, 0) is 74.3 Å². The van der Waals surface area contributed by atoms with Gasteiger partial charge in [0.1, 0.15) is 11.8 Å². The summed E-state index contributed by atoms with van der Waals surface area (Å²) >= 11 is 0. The van der Waals surface area contributed by atoms with Gasteiger partial charge in [0.05, 0.1) is 29.6 Å². The van der Waals surface area contributed by atoms with E-state index in [-0.39, 0.29) is 35.4 Å². The molecule has 2 aromatic carbocycles. The van der Waals surface area contributed by atoms with Crippen LogP contribution in [0.25, 0.3) is 0 Å². The highest BCUT2D eigenvalue weighted by atomic mass is 19.2. The van der Waals surface area contributed by atoms with Crippen molar-refractivity contribution in [2.24, 2.45) is 0 Å². The molecule has 10 nitrogen and oxygen atoms in total. The molecule has 1 saturated heterocycles. The summed E-state index contributed by atoms with van der Waals surface area (Å²) < 4.78 is 38.8. The molecule has 0 spiro atoms. The maximum Gasteiger partial charge on any atom is 0.335 e. The van der Waals surface area contributed by atoms with Crippen LogP contribution in [0.4, 0.5) is 18.4 Å². The molecule has 0 aliphatic carbocycles. The Balaban J connectivity index is 1.24. The van der Waals surface area contributed by atoms with Crippen LogP contribution in [0.5, 0.6) is 0 Å². The van der Waals surface area contributed by atoms with Crippen molar-refractivity contribution in [1.29, 1.82) is 0 Å². The van der Waals surface area contributed by atoms with Crippen molar-refractivity contribution in [3.63, 3.8) is 0 Å². The van der Waals surface area contributed by atoms with Crippen molar-refractivity contribution in [1.82, 2.24) is 20.4 Å². The molecule has 2 aliphatic heterocycles. The minimum Gasteiger partial charge on any atom is -0.478 e. The zero-order chi connectivity index (χ0) is 31.3. The van der Waals surface area contributed by atoms with Gasteiger partial charge in [-0.15, -0.1) is 0 Å². The van der Waals surface area contributed by atoms with Crippen LogP contribution in [-0.4, -0.2) is 72.8 Å². The molecule has 3 aromatic rings. The first-order chi connectivity index (χ1) is 21.2. The van der Waals surface area contributed by atoms with E-state index in [2.05, 4.69) is 27.7 Å². The van der Waals surface area contributed by atoms with Crippen molar-refractivity contribution < 1.29 is 37.4 Å². The molecule has 4 amide bonds. The molecule has 1 atom stereocenters. The molecule has 3 heterocycles. The summed E-state index contributed by atoms with van der Waals surface area (Å²) in [4.78, 5) is 41.7. The number of amides is 4. The standard InChI is InChI=1S/C32H34F2N4O6/c1-43-20-25-27(29(39)40)28(21-10-11-23(33)24(34)19-21)38(31(42)36-25)30(41)35-14-6-15-37-16-12-32(13-17-37,26-9-5-18-44-26)22-7-3-2-4-8-22/h2-5,7-11,18-19,28H,6,12-17,20H2,1H3,(H,35,41)(H,36,42)(H,39,40). The SMILES string of the molecule is COCC1=C(C(=O)O)C(c2ccc(F)c(F)c2)N(C(=O)NCCCN2CCC(c3ccccc3)(c3ccco3)CC2)C(=O)N1. The van der Waals surface area contributed by atoms with Crippen LogP contribution in [0.1, 0.15) is 42.2 Å². The molecule has 12 heteroatoms. The topological polar surface area (TPSA) is 124 Å². The molecule has 232 valence electrons. The van der Waals surface area contributed by atoms with Crippen molar-refractivity contribution in [3.05, 3.63) is 107 Å². The van der Waals surface area contributed by atoms with Crippen LogP contribution in [0.3, 0.4) is 0 Å². The minimum atomic E-state index is -1.52. The number of halogens is 2. The van der Waals surface area contributed by atoms with Crippen LogP contribution >= 0.6 is 0 Å². The average Bonchev–Trinajstić information content (AvgIpc) is 3.57. The third kappa shape index (κ3) is 6.22. The number of carboxylic acids is 1. The van der Waals surface area contributed by atoms with E-state index in [0.29, 0.717) is 17.9 Å². The van der Waals surface area contributed by atoms with Crippen molar-refractivity contribution in [3.8, 4) is 0 Å². The molecule has 0 bridgehead atoms. The minimum absolute atomic E-state index is 0.0772. The van der Waals surface area contributed by atoms with Crippen molar-refractivity contribution >= 4 is 18.0 Å². The fraction of sp³-hybridized carbons (Fsp3) is 0.344. The Bertz CT molecular complexity index is 1520. The van der Waals surface area contributed by atoms with Gasteiger partial charge in [-0.1, -0.05) is 36.4 Å². The zero-order valence-electron chi connectivity index (χ0n) is 24.2. The van der Waals surface area contributed by atoms with Crippen LogP contribution in [0.2, 0.25) is 0 Å². The first-order valence-corrected chi connectivity index (χ1v) is 14.4. The van der Waals surface area contributed by atoms with Crippen molar-refractivity contribution in [2.75, 3.05) is 39.9 Å². The number of methoxy groups -OCH3 is 1. The predicted octanol–water partition coefficient (Wildman–Crippen LogP) is 4.79. The fourth-order valence-electron chi connectivity index (χ4n) is 6.11. The lowest BCUT2D eigenvalue weighted by atomic mass is 9.71. The quantitative estimate of drug-likeness (QED) is 0.283. The number of rotatable bonds is 10. The van der Waals surface area contributed by atoms with Crippen LogP contribution in [-0.2, 0) is 14.9 Å². The Morgan fingerprint density at radius 3 is 2.48 bits per heavy atom. The number of nitrogens with zero attached hydrogens (tertiary/aromatic N) is 2. The molecular formula is C32H34F2N4O6. The van der Waals surface area contributed by atoms with E-state index in [0.717, 1.165) is 49.9 Å². The van der Waals surface area contributed by atoms with Gasteiger partial charge >= 0.3 is 18.0 Å². The Morgan fingerprint density at radius 1 is 1.09 bits per heavy atom. The molecule has 5 rings (SSSR count). The number of likely N-dealkylation sites (tertiary alicyclic amines) is 1. The highest BCUT2D eigenvalue weighted by molar-refractivity contribution is 6.01. The number of ether oxygens (including phenoxy) is 1. The Labute approximate surface area is 253 Å². The van der Waals surface area contributed by atoms with Crippen LogP contribution in [0, 0.1) is 11.6 Å². The third-order valence-corrected chi connectivity index (χ3v) is 8.29. The molecule has 2 aliphatic rings. The summed E-state index contributed by atoms with van der Waals surface area (Å²) in [7, 11) is 1.31. The normalized spacial score (nSPS) is 18.7. The number of carboxylic acid groups (broad SMARTS) is 1. The molecule has 0 saturated carbocycles. The first kappa shape index (κ1) is 30.9. The van der Waals surface area contributed by atoms with E-state index < -0.39 is 35.7 Å². The second-order valence-corrected chi connectivity index (χ2v) is 10.9. The third-order valence-electron chi connectivity index (χ3n) is 8.29. The second-order valence-electron chi connectivity index (χ2n) is 10.9. The summed E-state index contributed by atoms with van der Waals surface area (Å²) in [5.41, 5.74) is 0.435. The average molecular weight is 609 g/mol. The Morgan fingerprint density at radius 2 is 1.84 bits per heavy atom. The number of nitrogens with one attached hydrogen (secondary N) is 2. The molecule has 44 heavy (non-hydrogen) atoms. The highest BCUT2D eigenvalue weighted by Crippen LogP contribution is 2.42. The van der Waals surface area contributed by atoms with E-state index in [4.69, 9.17) is 9.15 Å². The van der Waals surface area contributed by atoms with Gasteiger partial charge in [0.2, 0.25) is 0 Å². The number of hydrogen-bond donors (Lipinski definition) is 3. The summed E-state index contributed by atoms with van der Waals surface area (Å²) in [6.45, 7) is 2.23. The molecule has 1 fully saturated rings. The largest absolute Gasteiger partial charge is 0.478 e. The maximum absolute atomic E-state index is 14.2. The monoisotopic (exact) mass is 608 g/mol. The smallest absolute Gasteiger partial charge is 0.335 e. The second kappa shape index (κ2) is 13.4. The van der Waals surface area contributed by atoms with Gasteiger partial charge in [-0.3, -0.25) is 0 Å². The van der Waals surface area contributed by atoms with Gasteiger partial charge in [0.25, 0.3) is 0 Å². The number of benzene rings is 2. The number of carbonyl (C=O) groups is 3. The fourth-order valence-corrected chi connectivity index (χ4v) is 6.11. The maximum atomic E-state index is 14.2. The summed E-state index contributed by atoms with van der Waals surface area (Å²) in [5, 5.41) is 15.1. The lowest BCUT2D eigenvalue weighted by molar-refractivity contribution is -0.133. The van der Waals surface area contributed by atoms with E-state index in [1.165, 1.54) is 12.7 Å². The summed E-state index contributed by atoms with van der Waals surface area (Å²) in [6.07, 6.45) is 3.97. The van der Waals surface area contributed by atoms with Gasteiger partial charge in [-0.25, -0.2) is 28.1 Å². The number of carbonyl (C=O) groups excluding carboxylic acids is 2. The highest BCUT2D eigenvalue weighted by Gasteiger charge is 2.43. The van der Waals surface area contributed by atoms with Crippen LogP contribution < -0.4 is 10.6 Å². The molecule has 3 N–H and O–H groups in total. The lowest BCUT2D eigenvalue weighted by Crippen LogP contribution is -2.55. The van der Waals surface area contributed by atoms with Gasteiger partial charge in [-0.2, -0.15) is 0 Å². The van der Waals surface area contributed by atoms with E-state index in [9.17, 15) is 28.3 Å². The molecular weight excluding hydrogens is 574 g/mol. The molecule has 0 radical (unpaired) electrons. The lowest BCUT2D eigenvalue weighted by Gasteiger charge is -2.41. The van der Waals surface area contributed by atoms with Gasteiger partial charge < -0.3 is 29.8 Å². The summed E-state index contributed by atoms with van der Waals surface area (Å²) in [6, 6.07) is 13.7. The number of furan rings is 1. The molecule has 1 aromatic heterocycles. The number of urea groups is 2. The van der Waals surface area contributed by atoms with E-state index >= 15 is 0 Å². The summed E-state index contributed by atoms with van der Waals surface area (Å²) in [5.74, 6) is -2.90. The first-order valence-electron chi connectivity index (χ1n) is 14.4. The van der Waals surface area contributed by atoms with Crippen molar-refractivity contribution in [2.45, 2.75) is 30.7 Å².